The predicted molar refractivity (Wildman–Crippen MR) is 63.4 cm³/mol. The first-order valence-electron chi connectivity index (χ1n) is 6.82. The molecular formula is C13H22F3NO. The van der Waals surface area contributed by atoms with Crippen molar-refractivity contribution in [1.29, 1.82) is 0 Å². The molecule has 18 heavy (non-hydrogen) atoms. The molecule has 1 spiro atoms. The fraction of sp³-hybridized carbons (Fsp3) is 1.00. The van der Waals surface area contributed by atoms with E-state index >= 15 is 0 Å². The molecule has 0 aromatic carbocycles. The average Bonchev–Trinajstić information content (AvgIpc) is 2.27. The number of hydrogen-bond donors (Lipinski definition) is 1. The van der Waals surface area contributed by atoms with Crippen molar-refractivity contribution in [2.75, 3.05) is 13.7 Å². The molecule has 0 amide bonds. The van der Waals surface area contributed by atoms with Gasteiger partial charge in [0.05, 0.1) is 5.60 Å². The summed E-state index contributed by atoms with van der Waals surface area (Å²) >= 11 is 0. The number of hydrogen-bond acceptors (Lipinski definition) is 2. The molecule has 1 N–H and O–H groups in total. The van der Waals surface area contributed by atoms with Crippen molar-refractivity contribution < 1.29 is 17.9 Å². The van der Waals surface area contributed by atoms with Gasteiger partial charge in [-0.05, 0) is 51.5 Å². The van der Waals surface area contributed by atoms with Gasteiger partial charge in [-0.2, -0.15) is 13.2 Å². The fourth-order valence-corrected chi connectivity index (χ4v) is 3.26. The maximum absolute atomic E-state index is 12.3. The topological polar surface area (TPSA) is 21.3 Å². The van der Waals surface area contributed by atoms with Gasteiger partial charge in [-0.25, -0.2) is 0 Å². The Kier molecular flexibility index (Phi) is 4.22. The third-order valence-corrected chi connectivity index (χ3v) is 4.47. The van der Waals surface area contributed by atoms with Crippen molar-refractivity contribution >= 4 is 0 Å². The van der Waals surface area contributed by atoms with E-state index in [1.54, 1.807) is 7.05 Å². The minimum atomic E-state index is -4.05. The minimum absolute atomic E-state index is 0.0102. The van der Waals surface area contributed by atoms with Gasteiger partial charge in [0.2, 0.25) is 0 Å². The Labute approximate surface area is 106 Å². The standard InChI is InChI=1S/C13H22F3NO/c1-17-11(3-7-13(14,15)16)10-4-8-18-12(9-10)5-2-6-12/h10-11,17H,2-9H2,1H3. The smallest absolute Gasteiger partial charge is 0.375 e. The van der Waals surface area contributed by atoms with Crippen LogP contribution in [0, 0.1) is 5.92 Å². The molecule has 106 valence electrons. The van der Waals surface area contributed by atoms with Crippen LogP contribution in [0.15, 0.2) is 0 Å². The second-order valence-corrected chi connectivity index (χ2v) is 5.69. The Morgan fingerprint density at radius 3 is 2.61 bits per heavy atom. The molecule has 1 saturated heterocycles. The lowest BCUT2D eigenvalue weighted by molar-refractivity contribution is -0.153. The third kappa shape index (κ3) is 3.38. The predicted octanol–water partition coefficient (Wildman–Crippen LogP) is 3.27. The largest absolute Gasteiger partial charge is 0.389 e. The summed E-state index contributed by atoms with van der Waals surface area (Å²) in [4.78, 5) is 0. The lowest BCUT2D eigenvalue weighted by Crippen LogP contribution is -2.50. The van der Waals surface area contributed by atoms with E-state index in [1.807, 2.05) is 0 Å². The van der Waals surface area contributed by atoms with Crippen molar-refractivity contribution in [1.82, 2.24) is 5.32 Å². The van der Waals surface area contributed by atoms with Crippen LogP contribution >= 0.6 is 0 Å². The SMILES string of the molecule is CNC(CCC(F)(F)F)C1CCOC2(CCC2)C1. The zero-order valence-electron chi connectivity index (χ0n) is 10.9. The number of halogens is 3. The van der Waals surface area contributed by atoms with Gasteiger partial charge in [0.1, 0.15) is 0 Å². The number of ether oxygens (including phenoxy) is 1. The molecule has 0 aromatic rings. The maximum atomic E-state index is 12.3. The van der Waals surface area contributed by atoms with E-state index < -0.39 is 12.6 Å². The van der Waals surface area contributed by atoms with Gasteiger partial charge in [-0.3, -0.25) is 0 Å². The van der Waals surface area contributed by atoms with Crippen LogP contribution in [0.2, 0.25) is 0 Å². The van der Waals surface area contributed by atoms with Gasteiger partial charge >= 0.3 is 6.18 Å². The summed E-state index contributed by atoms with van der Waals surface area (Å²) in [5.74, 6) is 0.325. The highest BCUT2D eigenvalue weighted by molar-refractivity contribution is 4.96. The lowest BCUT2D eigenvalue weighted by atomic mass is 9.70. The van der Waals surface area contributed by atoms with Gasteiger partial charge in [0.25, 0.3) is 0 Å². The first-order chi connectivity index (χ1) is 8.44. The quantitative estimate of drug-likeness (QED) is 0.842. The molecule has 1 heterocycles. The first kappa shape index (κ1) is 14.1. The molecule has 2 atom stereocenters. The lowest BCUT2D eigenvalue weighted by Gasteiger charge is -2.48. The van der Waals surface area contributed by atoms with Crippen LogP contribution in [0.4, 0.5) is 13.2 Å². The van der Waals surface area contributed by atoms with Crippen molar-refractivity contribution in [3.63, 3.8) is 0 Å². The molecule has 1 aliphatic heterocycles. The highest BCUT2D eigenvalue weighted by Gasteiger charge is 2.44. The molecular weight excluding hydrogens is 243 g/mol. The van der Waals surface area contributed by atoms with E-state index in [2.05, 4.69) is 5.32 Å². The summed E-state index contributed by atoms with van der Waals surface area (Å²) in [5.41, 5.74) is 0.0102. The molecule has 0 aromatic heterocycles. The zero-order valence-corrected chi connectivity index (χ0v) is 10.9. The van der Waals surface area contributed by atoms with E-state index in [0.717, 1.165) is 25.7 Å². The number of rotatable bonds is 4. The molecule has 2 rings (SSSR count). The summed E-state index contributed by atoms with van der Waals surface area (Å²) < 4.78 is 42.7. The van der Waals surface area contributed by atoms with Crippen LogP contribution in [0.25, 0.3) is 0 Å². The molecule has 2 unspecified atom stereocenters. The van der Waals surface area contributed by atoms with Crippen LogP contribution < -0.4 is 5.32 Å². The Morgan fingerprint density at radius 2 is 2.11 bits per heavy atom. The Bertz CT molecular complexity index is 276. The summed E-state index contributed by atoms with van der Waals surface area (Å²) in [6, 6.07) is -0.0343. The average molecular weight is 265 g/mol. The number of nitrogens with one attached hydrogen (secondary N) is 1. The maximum Gasteiger partial charge on any atom is 0.389 e. The van der Waals surface area contributed by atoms with Gasteiger partial charge in [-0.1, -0.05) is 0 Å². The molecule has 5 heteroatoms. The van der Waals surface area contributed by atoms with Gasteiger partial charge in [0, 0.05) is 19.1 Å². The summed E-state index contributed by atoms with van der Waals surface area (Å²) in [6.07, 6.45) is 0.609. The van der Waals surface area contributed by atoms with E-state index in [9.17, 15) is 13.2 Å². The second kappa shape index (κ2) is 5.37. The zero-order chi connectivity index (χ0) is 13.2. The van der Waals surface area contributed by atoms with E-state index in [4.69, 9.17) is 4.74 Å². The monoisotopic (exact) mass is 265 g/mol. The van der Waals surface area contributed by atoms with Crippen LogP contribution in [-0.2, 0) is 4.74 Å². The Hall–Kier alpha value is -0.290. The highest BCUT2D eigenvalue weighted by atomic mass is 19.4. The van der Waals surface area contributed by atoms with Crippen LogP contribution in [0.3, 0.4) is 0 Å². The van der Waals surface area contributed by atoms with E-state index in [0.29, 0.717) is 12.5 Å². The highest BCUT2D eigenvalue weighted by Crippen LogP contribution is 2.45. The Morgan fingerprint density at radius 1 is 1.39 bits per heavy atom. The van der Waals surface area contributed by atoms with Gasteiger partial charge in [0.15, 0.2) is 0 Å². The van der Waals surface area contributed by atoms with Crippen LogP contribution in [0.5, 0.6) is 0 Å². The minimum Gasteiger partial charge on any atom is -0.375 e. The van der Waals surface area contributed by atoms with E-state index in [-0.39, 0.29) is 18.1 Å². The van der Waals surface area contributed by atoms with E-state index in [1.165, 1.54) is 6.42 Å². The molecule has 0 bridgehead atoms. The van der Waals surface area contributed by atoms with Crippen molar-refractivity contribution in [2.45, 2.75) is 62.8 Å². The molecule has 2 fully saturated rings. The second-order valence-electron chi connectivity index (χ2n) is 5.69. The van der Waals surface area contributed by atoms with Gasteiger partial charge in [-0.15, -0.1) is 0 Å². The van der Waals surface area contributed by atoms with Crippen molar-refractivity contribution in [3.05, 3.63) is 0 Å². The summed E-state index contributed by atoms with van der Waals surface area (Å²) in [7, 11) is 1.77. The summed E-state index contributed by atoms with van der Waals surface area (Å²) in [6.45, 7) is 0.703. The van der Waals surface area contributed by atoms with Crippen LogP contribution in [-0.4, -0.2) is 31.5 Å². The third-order valence-electron chi connectivity index (χ3n) is 4.47. The first-order valence-corrected chi connectivity index (χ1v) is 6.82. The Balaban J connectivity index is 1.87. The van der Waals surface area contributed by atoms with Crippen molar-refractivity contribution in [3.8, 4) is 0 Å². The fourth-order valence-electron chi connectivity index (χ4n) is 3.26. The summed E-state index contributed by atoms with van der Waals surface area (Å²) in [5, 5.41) is 3.07. The molecule has 0 radical (unpaired) electrons. The van der Waals surface area contributed by atoms with Gasteiger partial charge < -0.3 is 10.1 Å². The molecule has 2 aliphatic rings. The molecule has 1 aliphatic carbocycles. The number of alkyl halides is 3. The molecule has 1 saturated carbocycles. The normalized spacial score (nSPS) is 29.0. The molecule has 2 nitrogen and oxygen atoms in total. The van der Waals surface area contributed by atoms with Crippen LogP contribution in [0.1, 0.15) is 44.9 Å². The van der Waals surface area contributed by atoms with Crippen molar-refractivity contribution in [2.24, 2.45) is 5.92 Å².